The minimum atomic E-state index is 0.193. The highest BCUT2D eigenvalue weighted by atomic mass is 15.2. The van der Waals surface area contributed by atoms with Gasteiger partial charge in [0.2, 0.25) is 0 Å². The fourth-order valence-electron chi connectivity index (χ4n) is 4.11. The second-order valence-electron chi connectivity index (χ2n) is 8.71. The number of hydrogen-bond acceptors (Lipinski definition) is 2. The van der Waals surface area contributed by atoms with Crippen molar-refractivity contribution in [3.05, 3.63) is 65.1 Å². The standard InChI is InChI=1S/C24H29N3/c1-17-6-7-22-20(14-17)21-16-26(24(3,4)5)13-10-23(21)27(22)15-18(2)19-8-11-25-12-9-19/h6-9,11-12,14-15H,10,13,16H2,1-5H3/b18-15+. The van der Waals surface area contributed by atoms with E-state index >= 15 is 0 Å². The Morgan fingerprint density at radius 2 is 1.85 bits per heavy atom. The topological polar surface area (TPSA) is 21.1 Å². The van der Waals surface area contributed by atoms with Crippen molar-refractivity contribution in [1.29, 1.82) is 0 Å². The van der Waals surface area contributed by atoms with Gasteiger partial charge in [-0.3, -0.25) is 9.88 Å². The van der Waals surface area contributed by atoms with Crippen LogP contribution in [0.5, 0.6) is 0 Å². The highest BCUT2D eigenvalue weighted by Gasteiger charge is 2.29. The van der Waals surface area contributed by atoms with Crippen molar-refractivity contribution in [3.63, 3.8) is 0 Å². The van der Waals surface area contributed by atoms with Gasteiger partial charge in [0, 0.05) is 54.7 Å². The van der Waals surface area contributed by atoms with Crippen LogP contribution in [0, 0.1) is 6.92 Å². The SMILES string of the molecule is C/C(=C\n1c2c(c3cc(C)ccc31)CN(C(C)(C)C)CC2)c1ccncc1. The molecule has 1 aromatic carbocycles. The molecule has 0 amide bonds. The first-order valence-corrected chi connectivity index (χ1v) is 9.81. The molecule has 0 radical (unpaired) electrons. The summed E-state index contributed by atoms with van der Waals surface area (Å²) in [5.74, 6) is 0. The maximum Gasteiger partial charge on any atom is 0.0529 e. The average molecular weight is 360 g/mol. The van der Waals surface area contributed by atoms with E-state index in [1.54, 1.807) is 0 Å². The monoisotopic (exact) mass is 359 g/mol. The van der Waals surface area contributed by atoms with Crippen LogP contribution in [0.4, 0.5) is 0 Å². The highest BCUT2D eigenvalue weighted by molar-refractivity contribution is 5.90. The summed E-state index contributed by atoms with van der Waals surface area (Å²) in [6.45, 7) is 13.4. The average Bonchev–Trinajstić information content (AvgIpc) is 2.94. The van der Waals surface area contributed by atoms with Crippen LogP contribution in [0.2, 0.25) is 0 Å². The van der Waals surface area contributed by atoms with E-state index < -0.39 is 0 Å². The summed E-state index contributed by atoms with van der Waals surface area (Å²) in [7, 11) is 0. The fourth-order valence-corrected chi connectivity index (χ4v) is 4.11. The van der Waals surface area contributed by atoms with E-state index in [1.807, 2.05) is 12.4 Å². The van der Waals surface area contributed by atoms with Gasteiger partial charge in [0.1, 0.15) is 0 Å². The van der Waals surface area contributed by atoms with Crippen LogP contribution in [0.1, 0.15) is 50.1 Å². The highest BCUT2D eigenvalue weighted by Crippen LogP contribution is 2.35. The van der Waals surface area contributed by atoms with E-state index in [0.29, 0.717) is 0 Å². The first-order valence-electron chi connectivity index (χ1n) is 9.81. The van der Waals surface area contributed by atoms with E-state index in [2.05, 4.69) is 85.6 Å². The third-order valence-electron chi connectivity index (χ3n) is 5.75. The molecule has 3 nitrogen and oxygen atoms in total. The lowest BCUT2D eigenvalue weighted by Gasteiger charge is -2.38. The van der Waals surface area contributed by atoms with Crippen LogP contribution in [0.25, 0.3) is 22.7 Å². The zero-order chi connectivity index (χ0) is 19.2. The van der Waals surface area contributed by atoms with Gasteiger partial charge >= 0.3 is 0 Å². The number of aromatic nitrogens is 2. The smallest absolute Gasteiger partial charge is 0.0529 e. The molecule has 0 aliphatic carbocycles. The molecule has 2 aromatic heterocycles. The third kappa shape index (κ3) is 3.32. The lowest BCUT2D eigenvalue weighted by Crippen LogP contribution is -2.44. The first kappa shape index (κ1) is 18.0. The molecule has 3 heteroatoms. The molecular formula is C24H29N3. The Kier molecular flexibility index (Phi) is 4.43. The largest absolute Gasteiger partial charge is 0.320 e. The minimum absolute atomic E-state index is 0.193. The molecule has 140 valence electrons. The molecule has 0 fully saturated rings. The molecule has 0 unspecified atom stereocenters. The van der Waals surface area contributed by atoms with Gasteiger partial charge in [0.15, 0.2) is 0 Å². The van der Waals surface area contributed by atoms with Crippen molar-refractivity contribution in [3.8, 4) is 0 Å². The zero-order valence-electron chi connectivity index (χ0n) is 17.1. The van der Waals surface area contributed by atoms with Crippen molar-refractivity contribution >= 4 is 22.7 Å². The predicted molar refractivity (Wildman–Crippen MR) is 115 cm³/mol. The summed E-state index contributed by atoms with van der Waals surface area (Å²) in [4.78, 5) is 6.74. The van der Waals surface area contributed by atoms with Gasteiger partial charge in [-0.1, -0.05) is 11.6 Å². The van der Waals surface area contributed by atoms with Crippen molar-refractivity contribution < 1.29 is 0 Å². The molecular weight excluding hydrogens is 330 g/mol. The van der Waals surface area contributed by atoms with E-state index in [-0.39, 0.29) is 5.54 Å². The van der Waals surface area contributed by atoms with Gasteiger partial charge in [0.25, 0.3) is 0 Å². The van der Waals surface area contributed by atoms with E-state index in [4.69, 9.17) is 0 Å². The van der Waals surface area contributed by atoms with Crippen LogP contribution < -0.4 is 0 Å². The molecule has 0 saturated heterocycles. The molecule has 0 N–H and O–H groups in total. The number of fused-ring (bicyclic) bond motifs is 3. The second kappa shape index (κ2) is 6.65. The molecule has 3 aromatic rings. The Balaban J connectivity index is 1.88. The number of benzene rings is 1. The summed E-state index contributed by atoms with van der Waals surface area (Å²) in [6, 6.07) is 11.0. The fraction of sp³-hybridized carbons (Fsp3) is 0.375. The number of aryl methyl sites for hydroxylation is 1. The maximum absolute atomic E-state index is 4.15. The summed E-state index contributed by atoms with van der Waals surface area (Å²) in [5, 5.41) is 1.40. The minimum Gasteiger partial charge on any atom is -0.320 e. The summed E-state index contributed by atoms with van der Waals surface area (Å²) in [6.07, 6.45) is 7.11. The Morgan fingerprint density at radius 1 is 1.11 bits per heavy atom. The van der Waals surface area contributed by atoms with Gasteiger partial charge < -0.3 is 4.57 Å². The van der Waals surface area contributed by atoms with Crippen molar-refractivity contribution in [2.24, 2.45) is 0 Å². The van der Waals surface area contributed by atoms with Crippen molar-refractivity contribution in [2.45, 2.75) is 53.1 Å². The molecule has 0 bridgehead atoms. The molecule has 1 aliphatic rings. The number of rotatable bonds is 2. The Hall–Kier alpha value is -2.39. The van der Waals surface area contributed by atoms with Crippen LogP contribution in [0.15, 0.2) is 42.7 Å². The molecule has 4 rings (SSSR count). The number of nitrogens with zero attached hydrogens (tertiary/aromatic N) is 3. The number of hydrogen-bond donors (Lipinski definition) is 0. The summed E-state index contributed by atoms with van der Waals surface area (Å²) >= 11 is 0. The van der Waals surface area contributed by atoms with Gasteiger partial charge in [0.05, 0.1) is 5.52 Å². The van der Waals surface area contributed by atoms with E-state index in [1.165, 1.54) is 38.9 Å². The maximum atomic E-state index is 4.15. The van der Waals surface area contributed by atoms with Gasteiger partial charge in [-0.15, -0.1) is 0 Å². The summed E-state index contributed by atoms with van der Waals surface area (Å²) in [5.41, 5.74) is 8.27. The quantitative estimate of drug-likeness (QED) is 0.601. The molecule has 3 heterocycles. The Bertz CT molecular complexity index is 1000. The van der Waals surface area contributed by atoms with Crippen LogP contribution in [0.3, 0.4) is 0 Å². The van der Waals surface area contributed by atoms with Gasteiger partial charge in [-0.25, -0.2) is 0 Å². The Morgan fingerprint density at radius 3 is 2.56 bits per heavy atom. The normalized spacial score (nSPS) is 16.0. The van der Waals surface area contributed by atoms with Crippen molar-refractivity contribution in [1.82, 2.24) is 14.5 Å². The van der Waals surface area contributed by atoms with Gasteiger partial charge in [-0.05, 0) is 75.6 Å². The molecule has 0 spiro atoms. The van der Waals surface area contributed by atoms with E-state index in [0.717, 1.165) is 19.5 Å². The number of pyridine rings is 1. The predicted octanol–water partition coefficient (Wildman–Crippen LogP) is 5.52. The lowest BCUT2D eigenvalue weighted by molar-refractivity contribution is 0.120. The van der Waals surface area contributed by atoms with E-state index in [9.17, 15) is 0 Å². The van der Waals surface area contributed by atoms with Crippen LogP contribution in [-0.4, -0.2) is 26.5 Å². The van der Waals surface area contributed by atoms with Crippen molar-refractivity contribution in [2.75, 3.05) is 6.54 Å². The molecule has 0 atom stereocenters. The zero-order valence-corrected chi connectivity index (χ0v) is 17.1. The first-order chi connectivity index (χ1) is 12.8. The lowest BCUT2D eigenvalue weighted by atomic mass is 9.97. The van der Waals surface area contributed by atoms with Gasteiger partial charge in [-0.2, -0.15) is 0 Å². The van der Waals surface area contributed by atoms with Crippen LogP contribution in [-0.2, 0) is 13.0 Å². The summed E-state index contributed by atoms with van der Waals surface area (Å²) < 4.78 is 2.43. The molecule has 0 saturated carbocycles. The second-order valence-corrected chi connectivity index (χ2v) is 8.71. The third-order valence-corrected chi connectivity index (χ3v) is 5.75. The molecule has 27 heavy (non-hydrogen) atoms. The Labute approximate surface area is 162 Å². The van der Waals surface area contributed by atoms with Crippen LogP contribution >= 0.6 is 0 Å². The molecule has 1 aliphatic heterocycles. The number of allylic oxidation sites excluding steroid dienone is 1.